The van der Waals surface area contributed by atoms with Gasteiger partial charge in [0.1, 0.15) is 0 Å². The van der Waals surface area contributed by atoms with Crippen molar-refractivity contribution in [2.75, 3.05) is 0 Å². The molecule has 6 nitrogen and oxygen atoms in total. The topological polar surface area (TPSA) is 96.4 Å². The highest BCUT2D eigenvalue weighted by Crippen LogP contribution is 2.07. The van der Waals surface area contributed by atoms with Crippen molar-refractivity contribution >= 4 is 54.0 Å². The molecule has 0 atom stereocenters. The third-order valence-electron chi connectivity index (χ3n) is 2.69. The largest absolute Gasteiger partial charge is 0.266 e. The number of hydrogen-bond donors (Lipinski definition) is 3. The van der Waals surface area contributed by atoms with Crippen LogP contribution >= 0.6 is 35.6 Å². The number of nitrogens with zero attached hydrogens (tertiary/aromatic N) is 3. The van der Waals surface area contributed by atoms with Gasteiger partial charge in [0.05, 0.1) is 24.1 Å². The predicted molar refractivity (Wildman–Crippen MR) is 107 cm³/mol. The molecule has 0 spiro atoms. The summed E-state index contributed by atoms with van der Waals surface area (Å²) < 4.78 is 0. The van der Waals surface area contributed by atoms with E-state index in [1.165, 1.54) is 0 Å². The molecule has 0 heterocycles. The summed E-state index contributed by atoms with van der Waals surface area (Å²) in [7, 11) is 0. The Kier molecular flexibility index (Phi) is 8.46. The first kappa shape index (κ1) is 19.6. The molecule has 0 saturated carbocycles. The lowest BCUT2D eigenvalue weighted by atomic mass is 10.2. The zero-order chi connectivity index (χ0) is 16.5. The van der Waals surface area contributed by atoms with Gasteiger partial charge in [-0.1, -0.05) is 35.9 Å². The smallest absolute Gasteiger partial charge is 0.230 e. The standard InChI is InChI=1S/C16H13ClN6.HI/c17-15-7-5-14(6-8-15)11-21-23-16(19)22-20-10-13-3-1-12(9-18)2-4-13;/h1-8,10-11H,(H3,19,22,23);1H. The second-order valence-electron chi connectivity index (χ2n) is 4.40. The van der Waals surface area contributed by atoms with Crippen LogP contribution in [-0.4, -0.2) is 18.4 Å². The highest BCUT2D eigenvalue weighted by atomic mass is 127. The Morgan fingerprint density at radius 1 is 0.958 bits per heavy atom. The van der Waals surface area contributed by atoms with Gasteiger partial charge in [0, 0.05) is 5.02 Å². The molecule has 2 aromatic rings. The van der Waals surface area contributed by atoms with E-state index in [0.717, 1.165) is 11.1 Å². The average Bonchev–Trinajstić information content (AvgIpc) is 2.57. The van der Waals surface area contributed by atoms with Crippen molar-refractivity contribution in [3.63, 3.8) is 0 Å². The molecule has 0 aliphatic heterocycles. The van der Waals surface area contributed by atoms with Gasteiger partial charge in [0.2, 0.25) is 5.96 Å². The summed E-state index contributed by atoms with van der Waals surface area (Å²) in [5.74, 6) is -0.0693. The molecule has 0 radical (unpaired) electrons. The van der Waals surface area contributed by atoms with E-state index in [1.54, 1.807) is 48.8 Å². The average molecular weight is 453 g/mol. The fraction of sp³-hybridized carbons (Fsp3) is 0. The first-order valence-electron chi connectivity index (χ1n) is 6.60. The van der Waals surface area contributed by atoms with Crippen LogP contribution in [0.2, 0.25) is 5.02 Å². The monoisotopic (exact) mass is 452 g/mol. The lowest BCUT2D eigenvalue weighted by molar-refractivity contribution is 0.893. The van der Waals surface area contributed by atoms with Gasteiger partial charge >= 0.3 is 0 Å². The summed E-state index contributed by atoms with van der Waals surface area (Å²) in [6.07, 6.45) is 3.11. The van der Waals surface area contributed by atoms with Gasteiger partial charge in [-0.2, -0.15) is 15.5 Å². The van der Waals surface area contributed by atoms with Crippen LogP contribution in [0.3, 0.4) is 0 Å². The molecular weight excluding hydrogens is 439 g/mol. The number of nitrogens with one attached hydrogen (secondary N) is 3. The van der Waals surface area contributed by atoms with E-state index >= 15 is 0 Å². The van der Waals surface area contributed by atoms with Crippen molar-refractivity contribution in [1.29, 1.82) is 10.7 Å². The van der Waals surface area contributed by atoms with Crippen LogP contribution in [0, 0.1) is 16.7 Å². The fourth-order valence-corrected chi connectivity index (χ4v) is 1.69. The van der Waals surface area contributed by atoms with E-state index in [0.29, 0.717) is 10.6 Å². The molecule has 0 aliphatic rings. The Morgan fingerprint density at radius 2 is 1.42 bits per heavy atom. The summed E-state index contributed by atoms with van der Waals surface area (Å²) >= 11 is 5.78. The van der Waals surface area contributed by atoms with Gasteiger partial charge < -0.3 is 0 Å². The predicted octanol–water partition coefficient (Wildman–Crippen LogP) is 3.31. The van der Waals surface area contributed by atoms with E-state index in [1.807, 2.05) is 18.2 Å². The van der Waals surface area contributed by atoms with E-state index in [2.05, 4.69) is 21.1 Å². The second-order valence-corrected chi connectivity index (χ2v) is 4.84. The maximum atomic E-state index is 8.70. The summed E-state index contributed by atoms with van der Waals surface area (Å²) in [5, 5.41) is 24.8. The Balaban J connectivity index is 0.00000288. The van der Waals surface area contributed by atoms with E-state index in [4.69, 9.17) is 22.3 Å². The van der Waals surface area contributed by atoms with Crippen LogP contribution in [0.1, 0.15) is 16.7 Å². The lowest BCUT2D eigenvalue weighted by Gasteiger charge is -2.01. The van der Waals surface area contributed by atoms with Gasteiger partial charge in [-0.3, -0.25) is 5.41 Å². The number of nitriles is 1. The molecular formula is C16H14ClIN6. The Bertz CT molecular complexity index is 763. The first-order chi connectivity index (χ1) is 11.2. The number of benzene rings is 2. The molecule has 0 aliphatic carbocycles. The quantitative estimate of drug-likeness (QED) is 0.287. The maximum Gasteiger partial charge on any atom is 0.230 e. The van der Waals surface area contributed by atoms with Gasteiger partial charge in [0.15, 0.2) is 0 Å². The maximum absolute atomic E-state index is 8.70. The van der Waals surface area contributed by atoms with Crippen molar-refractivity contribution in [3.05, 3.63) is 70.2 Å². The lowest BCUT2D eigenvalue weighted by Crippen LogP contribution is -2.29. The minimum Gasteiger partial charge on any atom is -0.266 e. The van der Waals surface area contributed by atoms with Crippen molar-refractivity contribution in [3.8, 4) is 6.07 Å². The summed E-state index contributed by atoms with van der Waals surface area (Å²) in [6, 6.07) is 16.1. The first-order valence-corrected chi connectivity index (χ1v) is 6.97. The normalized spacial score (nSPS) is 10.2. The van der Waals surface area contributed by atoms with E-state index < -0.39 is 0 Å². The molecule has 0 fully saturated rings. The minimum absolute atomic E-state index is 0. The molecule has 122 valence electrons. The highest BCUT2D eigenvalue weighted by molar-refractivity contribution is 14.0. The zero-order valence-corrected chi connectivity index (χ0v) is 15.5. The number of rotatable bonds is 4. The van der Waals surface area contributed by atoms with Crippen LogP contribution in [0.15, 0.2) is 58.7 Å². The van der Waals surface area contributed by atoms with E-state index in [9.17, 15) is 0 Å². The molecule has 2 rings (SSSR count). The number of guanidine groups is 1. The minimum atomic E-state index is -0.0693. The molecule has 24 heavy (non-hydrogen) atoms. The van der Waals surface area contributed by atoms with Crippen molar-refractivity contribution in [2.45, 2.75) is 0 Å². The van der Waals surface area contributed by atoms with Gasteiger partial charge in [-0.15, -0.1) is 24.0 Å². The van der Waals surface area contributed by atoms with Crippen molar-refractivity contribution in [1.82, 2.24) is 10.9 Å². The van der Waals surface area contributed by atoms with Crippen LogP contribution in [0.4, 0.5) is 0 Å². The number of halogens is 2. The molecule has 0 amide bonds. The van der Waals surface area contributed by atoms with Crippen LogP contribution in [0.25, 0.3) is 0 Å². The zero-order valence-electron chi connectivity index (χ0n) is 12.4. The third kappa shape index (κ3) is 6.76. The molecule has 0 bridgehead atoms. The summed E-state index contributed by atoms with van der Waals surface area (Å²) in [4.78, 5) is 0. The molecule has 8 heteroatoms. The van der Waals surface area contributed by atoms with Gasteiger partial charge in [-0.05, 0) is 35.4 Å². The molecule has 0 saturated heterocycles. The van der Waals surface area contributed by atoms with Crippen LogP contribution < -0.4 is 10.9 Å². The molecule has 3 N–H and O–H groups in total. The van der Waals surface area contributed by atoms with Crippen molar-refractivity contribution < 1.29 is 0 Å². The van der Waals surface area contributed by atoms with E-state index in [-0.39, 0.29) is 29.9 Å². The molecule has 2 aromatic carbocycles. The molecule has 0 aromatic heterocycles. The number of hydrogen-bond acceptors (Lipinski definition) is 4. The summed E-state index contributed by atoms with van der Waals surface area (Å²) in [5.41, 5.74) is 7.25. The Labute approximate surface area is 161 Å². The SMILES string of the molecule is I.N#Cc1ccc(C=NNC(=N)NN=Cc2ccc(Cl)cc2)cc1. The second kappa shape index (κ2) is 10.4. The van der Waals surface area contributed by atoms with Crippen molar-refractivity contribution in [2.24, 2.45) is 10.2 Å². The van der Waals surface area contributed by atoms with Crippen LogP contribution in [-0.2, 0) is 0 Å². The van der Waals surface area contributed by atoms with Crippen LogP contribution in [0.5, 0.6) is 0 Å². The molecule has 0 unspecified atom stereocenters. The van der Waals surface area contributed by atoms with Gasteiger partial charge in [0.25, 0.3) is 0 Å². The number of hydrazone groups is 2. The third-order valence-corrected chi connectivity index (χ3v) is 2.94. The van der Waals surface area contributed by atoms with Gasteiger partial charge in [-0.25, -0.2) is 10.9 Å². The summed E-state index contributed by atoms with van der Waals surface area (Å²) in [6.45, 7) is 0. The highest BCUT2D eigenvalue weighted by Gasteiger charge is 1.92. The Hall–Kier alpha value is -2.44. The Morgan fingerprint density at radius 3 is 1.88 bits per heavy atom. The fourth-order valence-electron chi connectivity index (χ4n) is 1.56.